The predicted molar refractivity (Wildman–Crippen MR) is 104 cm³/mol. The first-order valence-electron chi connectivity index (χ1n) is 10.0. The first-order valence-corrected chi connectivity index (χ1v) is 10.0. The Kier molecular flexibility index (Phi) is 5.53. The van der Waals surface area contributed by atoms with Crippen molar-refractivity contribution in [3.63, 3.8) is 0 Å². The minimum absolute atomic E-state index is 0.0946. The summed E-state index contributed by atoms with van der Waals surface area (Å²) >= 11 is 0. The van der Waals surface area contributed by atoms with Crippen molar-refractivity contribution >= 4 is 11.7 Å². The highest BCUT2D eigenvalue weighted by Gasteiger charge is 2.42. The van der Waals surface area contributed by atoms with Crippen molar-refractivity contribution in [2.75, 3.05) is 37.7 Å². The number of carbonyl (C=O) groups excluding carboxylic acids is 1. The quantitative estimate of drug-likeness (QED) is 0.741. The molecule has 2 aromatic heterocycles. The molecule has 2 saturated heterocycles. The van der Waals surface area contributed by atoms with Gasteiger partial charge >= 0.3 is 6.18 Å². The second kappa shape index (κ2) is 8.12. The zero-order chi connectivity index (χ0) is 21.3. The molecule has 4 heterocycles. The molecular weight excluding hydrogens is 397 g/mol. The molecule has 0 N–H and O–H groups in total. The third-order valence-corrected chi connectivity index (χ3v) is 5.62. The van der Waals surface area contributed by atoms with Gasteiger partial charge in [0.15, 0.2) is 0 Å². The molecule has 1 amide bonds. The number of pyridine rings is 2. The van der Waals surface area contributed by atoms with Crippen LogP contribution in [0.5, 0.6) is 5.88 Å². The Hall–Kier alpha value is -2.84. The van der Waals surface area contributed by atoms with Crippen LogP contribution in [0.1, 0.15) is 29.3 Å². The van der Waals surface area contributed by atoms with E-state index in [4.69, 9.17) is 4.74 Å². The molecule has 2 aliphatic heterocycles. The number of amides is 1. The number of likely N-dealkylation sites (tertiary alicyclic amines) is 1. The van der Waals surface area contributed by atoms with Gasteiger partial charge < -0.3 is 14.5 Å². The molecule has 0 spiro atoms. The second-order valence-electron chi connectivity index (χ2n) is 7.74. The number of nitrogens with zero attached hydrogens (tertiary/aromatic N) is 4. The highest BCUT2D eigenvalue weighted by Crippen LogP contribution is 2.35. The molecule has 0 aromatic carbocycles. The van der Waals surface area contributed by atoms with Crippen LogP contribution in [0, 0.1) is 11.8 Å². The summed E-state index contributed by atoms with van der Waals surface area (Å²) < 4.78 is 43.8. The molecule has 2 unspecified atom stereocenters. The fourth-order valence-corrected chi connectivity index (χ4v) is 4.12. The molecule has 0 bridgehead atoms. The van der Waals surface area contributed by atoms with Gasteiger partial charge in [-0.05, 0) is 30.7 Å². The number of alkyl halides is 3. The maximum Gasteiger partial charge on any atom is 0.417 e. The van der Waals surface area contributed by atoms with E-state index in [9.17, 15) is 18.0 Å². The van der Waals surface area contributed by atoms with Crippen LogP contribution in [0.4, 0.5) is 19.0 Å². The largest absolute Gasteiger partial charge is 0.477 e. The lowest BCUT2D eigenvalue weighted by molar-refractivity contribution is -0.137. The molecule has 2 aliphatic rings. The van der Waals surface area contributed by atoms with Crippen LogP contribution in [0.15, 0.2) is 36.7 Å². The summed E-state index contributed by atoms with van der Waals surface area (Å²) in [5.74, 6) is 1.32. The van der Waals surface area contributed by atoms with Crippen molar-refractivity contribution in [3.05, 3.63) is 47.8 Å². The number of hydrogen-bond acceptors (Lipinski definition) is 5. The van der Waals surface area contributed by atoms with Crippen LogP contribution in [-0.4, -0.2) is 53.6 Å². The summed E-state index contributed by atoms with van der Waals surface area (Å²) in [6.07, 6.45) is -1.08. The van der Waals surface area contributed by atoms with Crippen molar-refractivity contribution in [2.24, 2.45) is 11.8 Å². The standard InChI is InChI=1S/C21H23F3N4O2/c1-2-8-30-19-17(4-3-7-25-19)20(29)28-12-14-10-27(11-15(14)13-28)18-6-5-16(9-26-18)21(22,23)24/h3-7,9,14-15H,2,8,10-13H2,1H3. The number of fused-ring (bicyclic) bond motifs is 1. The van der Waals surface area contributed by atoms with E-state index in [-0.39, 0.29) is 17.7 Å². The average molecular weight is 420 g/mol. The number of ether oxygens (including phenoxy) is 1. The lowest BCUT2D eigenvalue weighted by atomic mass is 10.0. The zero-order valence-electron chi connectivity index (χ0n) is 16.6. The molecular formula is C21H23F3N4O2. The van der Waals surface area contributed by atoms with E-state index in [1.165, 1.54) is 6.07 Å². The lowest BCUT2D eigenvalue weighted by Crippen LogP contribution is -2.33. The van der Waals surface area contributed by atoms with Gasteiger partial charge in [-0.25, -0.2) is 9.97 Å². The molecule has 0 aliphatic carbocycles. The Morgan fingerprint density at radius 2 is 1.87 bits per heavy atom. The van der Waals surface area contributed by atoms with Crippen molar-refractivity contribution in [3.8, 4) is 5.88 Å². The van der Waals surface area contributed by atoms with Crippen LogP contribution in [0.3, 0.4) is 0 Å². The van der Waals surface area contributed by atoms with Gasteiger partial charge in [0.2, 0.25) is 5.88 Å². The predicted octanol–water partition coefficient (Wildman–Crippen LogP) is 3.49. The summed E-state index contributed by atoms with van der Waals surface area (Å²) in [6, 6.07) is 5.93. The number of hydrogen-bond donors (Lipinski definition) is 0. The highest BCUT2D eigenvalue weighted by atomic mass is 19.4. The maximum atomic E-state index is 13.0. The highest BCUT2D eigenvalue weighted by molar-refractivity contribution is 5.96. The van der Waals surface area contributed by atoms with Gasteiger partial charge in [0.25, 0.3) is 5.91 Å². The van der Waals surface area contributed by atoms with E-state index >= 15 is 0 Å². The van der Waals surface area contributed by atoms with Gasteiger partial charge in [0.05, 0.1) is 12.2 Å². The third-order valence-electron chi connectivity index (χ3n) is 5.62. The van der Waals surface area contributed by atoms with E-state index < -0.39 is 11.7 Å². The van der Waals surface area contributed by atoms with Crippen molar-refractivity contribution in [2.45, 2.75) is 19.5 Å². The van der Waals surface area contributed by atoms with Crippen LogP contribution in [-0.2, 0) is 6.18 Å². The molecule has 9 heteroatoms. The maximum absolute atomic E-state index is 13.0. The fourth-order valence-electron chi connectivity index (χ4n) is 4.12. The SMILES string of the molecule is CCCOc1ncccc1C(=O)N1CC2CN(c3ccc(C(F)(F)F)cn3)CC2C1. The van der Waals surface area contributed by atoms with E-state index in [1.54, 1.807) is 18.3 Å². The van der Waals surface area contributed by atoms with Gasteiger partial charge in [0.1, 0.15) is 11.4 Å². The van der Waals surface area contributed by atoms with Crippen LogP contribution in [0.2, 0.25) is 0 Å². The molecule has 0 saturated carbocycles. The third kappa shape index (κ3) is 4.06. The first-order chi connectivity index (χ1) is 14.4. The van der Waals surface area contributed by atoms with Gasteiger partial charge in [-0.1, -0.05) is 6.92 Å². The Bertz CT molecular complexity index is 890. The fraction of sp³-hybridized carbons (Fsp3) is 0.476. The molecule has 0 radical (unpaired) electrons. The lowest BCUT2D eigenvalue weighted by Gasteiger charge is -2.23. The van der Waals surface area contributed by atoms with Crippen LogP contribution < -0.4 is 9.64 Å². The molecule has 160 valence electrons. The summed E-state index contributed by atoms with van der Waals surface area (Å²) in [5.41, 5.74) is -0.285. The zero-order valence-corrected chi connectivity index (χ0v) is 16.6. The number of rotatable bonds is 5. The van der Waals surface area contributed by atoms with E-state index in [2.05, 4.69) is 9.97 Å². The van der Waals surface area contributed by atoms with Gasteiger partial charge in [-0.15, -0.1) is 0 Å². The summed E-state index contributed by atoms with van der Waals surface area (Å²) in [6.45, 7) is 5.02. The Balaban J connectivity index is 1.40. The smallest absolute Gasteiger partial charge is 0.417 e. The number of carbonyl (C=O) groups is 1. The van der Waals surface area contributed by atoms with E-state index in [0.717, 1.165) is 18.7 Å². The van der Waals surface area contributed by atoms with E-state index in [1.807, 2.05) is 16.7 Å². The molecule has 6 nitrogen and oxygen atoms in total. The van der Waals surface area contributed by atoms with Crippen molar-refractivity contribution in [1.82, 2.24) is 14.9 Å². The molecule has 4 rings (SSSR count). The normalized spacial score (nSPS) is 21.1. The molecule has 2 aromatic rings. The molecule has 2 fully saturated rings. The monoisotopic (exact) mass is 420 g/mol. The number of aromatic nitrogens is 2. The minimum Gasteiger partial charge on any atom is -0.477 e. The minimum atomic E-state index is -4.39. The van der Waals surface area contributed by atoms with Gasteiger partial charge in [-0.2, -0.15) is 13.2 Å². The second-order valence-corrected chi connectivity index (χ2v) is 7.74. The van der Waals surface area contributed by atoms with Crippen molar-refractivity contribution < 1.29 is 22.7 Å². The topological polar surface area (TPSA) is 58.6 Å². The Morgan fingerprint density at radius 3 is 2.47 bits per heavy atom. The Morgan fingerprint density at radius 1 is 1.13 bits per heavy atom. The van der Waals surface area contributed by atoms with Gasteiger partial charge in [0, 0.05) is 50.4 Å². The average Bonchev–Trinajstić information content (AvgIpc) is 3.31. The molecule has 30 heavy (non-hydrogen) atoms. The van der Waals surface area contributed by atoms with Crippen molar-refractivity contribution in [1.29, 1.82) is 0 Å². The number of halogens is 3. The van der Waals surface area contributed by atoms with E-state index in [0.29, 0.717) is 50.0 Å². The first kappa shape index (κ1) is 20.4. The summed E-state index contributed by atoms with van der Waals surface area (Å²) in [5, 5.41) is 0. The summed E-state index contributed by atoms with van der Waals surface area (Å²) in [7, 11) is 0. The molecule has 2 atom stereocenters. The Labute approximate surface area is 172 Å². The van der Waals surface area contributed by atoms with Crippen LogP contribution >= 0.6 is 0 Å². The van der Waals surface area contributed by atoms with Crippen LogP contribution in [0.25, 0.3) is 0 Å². The van der Waals surface area contributed by atoms with Gasteiger partial charge in [-0.3, -0.25) is 4.79 Å². The summed E-state index contributed by atoms with van der Waals surface area (Å²) in [4.78, 5) is 25.0. The number of anilines is 1.